The molecule has 0 aliphatic rings. The maximum atomic E-state index is 6.15. The number of halogens is 1. The van der Waals surface area contributed by atoms with Crippen molar-refractivity contribution in [1.82, 2.24) is 14.5 Å². The summed E-state index contributed by atoms with van der Waals surface area (Å²) in [5.74, 6) is 1.59. The van der Waals surface area contributed by atoms with Gasteiger partial charge in [0.15, 0.2) is 5.82 Å². The van der Waals surface area contributed by atoms with Gasteiger partial charge in [-0.2, -0.15) is 0 Å². The molecule has 0 N–H and O–H groups in total. The molecule has 3 nitrogen and oxygen atoms in total. The number of hydrogen-bond donors (Lipinski definition) is 0. The second kappa shape index (κ2) is 6.22. The minimum atomic E-state index is 0.722. The highest BCUT2D eigenvalue weighted by Crippen LogP contribution is 2.28. The highest BCUT2D eigenvalue weighted by Gasteiger charge is 2.13. The molecule has 5 rings (SSSR count). The fraction of sp³-hybridized carbons (Fsp3) is 0.0435. The standard InChI is InChI=1S/C23H16ClN3/c1-15-6-8-16(9-7-15)22-25-20-5-3-2-4-19(20)23(26-22)27-13-12-17-14-18(24)10-11-21(17)27/h2-14H,1H3. The molecular weight excluding hydrogens is 354 g/mol. The molecule has 0 fully saturated rings. The maximum Gasteiger partial charge on any atom is 0.162 e. The topological polar surface area (TPSA) is 30.7 Å². The summed E-state index contributed by atoms with van der Waals surface area (Å²) in [6.07, 6.45) is 2.04. The Morgan fingerprint density at radius 2 is 1.67 bits per heavy atom. The molecule has 0 unspecified atom stereocenters. The molecule has 3 aromatic carbocycles. The van der Waals surface area contributed by atoms with Gasteiger partial charge in [0, 0.05) is 27.6 Å². The molecule has 0 aliphatic heterocycles. The molecule has 0 saturated carbocycles. The van der Waals surface area contributed by atoms with Gasteiger partial charge in [-0.1, -0.05) is 53.6 Å². The third-order valence-electron chi connectivity index (χ3n) is 4.77. The number of nitrogens with zero attached hydrogens (tertiary/aromatic N) is 3. The van der Waals surface area contributed by atoms with Gasteiger partial charge in [0.2, 0.25) is 0 Å². The number of benzene rings is 3. The van der Waals surface area contributed by atoms with Gasteiger partial charge >= 0.3 is 0 Å². The lowest BCUT2D eigenvalue weighted by Gasteiger charge is -2.11. The Morgan fingerprint density at radius 3 is 2.52 bits per heavy atom. The van der Waals surface area contributed by atoms with Crippen LogP contribution in [0.3, 0.4) is 0 Å². The molecule has 0 spiro atoms. The first-order valence-corrected chi connectivity index (χ1v) is 9.18. The molecule has 4 heteroatoms. The van der Waals surface area contributed by atoms with Gasteiger partial charge in [0.25, 0.3) is 0 Å². The summed E-state index contributed by atoms with van der Waals surface area (Å²) in [6.45, 7) is 2.08. The highest BCUT2D eigenvalue weighted by atomic mass is 35.5. The second-order valence-electron chi connectivity index (χ2n) is 6.64. The Kier molecular flexibility index (Phi) is 3.69. The van der Waals surface area contributed by atoms with Crippen molar-refractivity contribution >= 4 is 33.4 Å². The lowest BCUT2D eigenvalue weighted by atomic mass is 10.1. The molecular formula is C23H16ClN3. The van der Waals surface area contributed by atoms with Crippen LogP contribution in [0.2, 0.25) is 5.02 Å². The van der Waals surface area contributed by atoms with Gasteiger partial charge < -0.3 is 4.57 Å². The van der Waals surface area contributed by atoms with Crippen LogP contribution in [0.25, 0.3) is 39.0 Å². The Labute approximate surface area is 161 Å². The van der Waals surface area contributed by atoms with Gasteiger partial charge in [-0.25, -0.2) is 9.97 Å². The van der Waals surface area contributed by atoms with Crippen LogP contribution in [-0.4, -0.2) is 14.5 Å². The van der Waals surface area contributed by atoms with E-state index < -0.39 is 0 Å². The molecule has 0 bridgehead atoms. The predicted octanol–water partition coefficient (Wildman–Crippen LogP) is 6.20. The van der Waals surface area contributed by atoms with Crippen molar-refractivity contribution in [2.75, 3.05) is 0 Å². The maximum absolute atomic E-state index is 6.15. The first-order chi connectivity index (χ1) is 13.2. The van der Waals surface area contributed by atoms with E-state index in [9.17, 15) is 0 Å². The number of rotatable bonds is 2. The van der Waals surface area contributed by atoms with Crippen molar-refractivity contribution in [3.05, 3.63) is 89.6 Å². The zero-order valence-electron chi connectivity index (χ0n) is 14.7. The molecule has 0 aliphatic carbocycles. The SMILES string of the molecule is Cc1ccc(-c2nc(-n3ccc4cc(Cl)ccc43)c3ccccc3n2)cc1. The highest BCUT2D eigenvalue weighted by molar-refractivity contribution is 6.31. The Morgan fingerprint density at radius 1 is 0.852 bits per heavy atom. The summed E-state index contributed by atoms with van der Waals surface area (Å²) >= 11 is 6.15. The largest absolute Gasteiger partial charge is 0.301 e. The lowest BCUT2D eigenvalue weighted by Crippen LogP contribution is -2.01. The normalized spacial score (nSPS) is 11.3. The zero-order chi connectivity index (χ0) is 18.4. The van der Waals surface area contributed by atoms with Crippen LogP contribution < -0.4 is 0 Å². The predicted molar refractivity (Wildman–Crippen MR) is 112 cm³/mol. The van der Waals surface area contributed by atoms with Gasteiger partial charge in [0.05, 0.1) is 11.0 Å². The van der Waals surface area contributed by atoms with Crippen LogP contribution in [0.1, 0.15) is 5.56 Å². The first kappa shape index (κ1) is 16.0. The van der Waals surface area contributed by atoms with E-state index >= 15 is 0 Å². The number of hydrogen-bond acceptors (Lipinski definition) is 2. The quantitative estimate of drug-likeness (QED) is 0.370. The number of fused-ring (bicyclic) bond motifs is 2. The van der Waals surface area contributed by atoms with Crippen molar-refractivity contribution in [2.45, 2.75) is 6.92 Å². The third-order valence-corrected chi connectivity index (χ3v) is 5.01. The fourth-order valence-corrected chi connectivity index (χ4v) is 3.55. The minimum absolute atomic E-state index is 0.722. The van der Waals surface area contributed by atoms with E-state index in [1.807, 2.05) is 42.6 Å². The van der Waals surface area contributed by atoms with E-state index in [-0.39, 0.29) is 0 Å². The summed E-state index contributed by atoms with van der Waals surface area (Å²) in [5.41, 5.74) is 4.21. The summed E-state index contributed by atoms with van der Waals surface area (Å²) in [6, 6.07) is 24.4. The van der Waals surface area contributed by atoms with Gasteiger partial charge in [-0.3, -0.25) is 0 Å². The average molecular weight is 370 g/mol. The number of aryl methyl sites for hydroxylation is 1. The van der Waals surface area contributed by atoms with Crippen molar-refractivity contribution in [2.24, 2.45) is 0 Å². The molecule has 2 aromatic heterocycles. The number of para-hydroxylation sites is 1. The van der Waals surface area contributed by atoms with Crippen LogP contribution in [0.4, 0.5) is 0 Å². The van der Waals surface area contributed by atoms with Crippen LogP contribution >= 0.6 is 11.6 Å². The van der Waals surface area contributed by atoms with E-state index in [0.717, 1.165) is 44.0 Å². The summed E-state index contributed by atoms with van der Waals surface area (Å²) in [4.78, 5) is 9.73. The Balaban J connectivity index is 1.81. The molecule has 0 amide bonds. The van der Waals surface area contributed by atoms with Crippen molar-refractivity contribution in [1.29, 1.82) is 0 Å². The first-order valence-electron chi connectivity index (χ1n) is 8.80. The van der Waals surface area contributed by atoms with Crippen molar-refractivity contribution in [3.63, 3.8) is 0 Å². The number of aromatic nitrogens is 3. The lowest BCUT2D eigenvalue weighted by molar-refractivity contribution is 1.04. The second-order valence-corrected chi connectivity index (χ2v) is 7.08. The van der Waals surface area contributed by atoms with E-state index in [1.54, 1.807) is 0 Å². The third kappa shape index (κ3) is 2.77. The van der Waals surface area contributed by atoms with E-state index in [2.05, 4.69) is 47.9 Å². The van der Waals surface area contributed by atoms with Gasteiger partial charge in [-0.15, -0.1) is 0 Å². The average Bonchev–Trinajstić information content (AvgIpc) is 3.10. The van der Waals surface area contributed by atoms with Gasteiger partial charge in [0.1, 0.15) is 5.82 Å². The molecule has 0 atom stereocenters. The van der Waals surface area contributed by atoms with Crippen molar-refractivity contribution < 1.29 is 0 Å². The molecule has 0 radical (unpaired) electrons. The summed E-state index contributed by atoms with van der Waals surface area (Å²) in [7, 11) is 0. The molecule has 130 valence electrons. The van der Waals surface area contributed by atoms with E-state index in [0.29, 0.717) is 0 Å². The summed E-state index contributed by atoms with van der Waals surface area (Å²) in [5, 5.41) is 2.83. The van der Waals surface area contributed by atoms with Crippen LogP contribution in [0.15, 0.2) is 79.0 Å². The van der Waals surface area contributed by atoms with Crippen molar-refractivity contribution in [3.8, 4) is 17.2 Å². The van der Waals surface area contributed by atoms with Crippen LogP contribution in [0.5, 0.6) is 0 Å². The fourth-order valence-electron chi connectivity index (χ4n) is 3.37. The molecule has 2 heterocycles. The smallest absolute Gasteiger partial charge is 0.162 e. The van der Waals surface area contributed by atoms with E-state index in [4.69, 9.17) is 21.6 Å². The van der Waals surface area contributed by atoms with Crippen LogP contribution in [-0.2, 0) is 0 Å². The Hall–Kier alpha value is -3.17. The van der Waals surface area contributed by atoms with Crippen LogP contribution in [0, 0.1) is 6.92 Å². The Bertz CT molecular complexity index is 1290. The summed E-state index contributed by atoms with van der Waals surface area (Å²) < 4.78 is 2.10. The van der Waals surface area contributed by atoms with Gasteiger partial charge in [-0.05, 0) is 43.3 Å². The van der Waals surface area contributed by atoms with E-state index in [1.165, 1.54) is 5.56 Å². The minimum Gasteiger partial charge on any atom is -0.301 e. The zero-order valence-corrected chi connectivity index (χ0v) is 15.5. The molecule has 5 aromatic rings. The molecule has 27 heavy (non-hydrogen) atoms. The monoisotopic (exact) mass is 369 g/mol. The molecule has 0 saturated heterocycles.